The minimum atomic E-state index is -0.300. The Hall–Kier alpha value is -3.15. The first-order valence-corrected chi connectivity index (χ1v) is 9.61. The number of rotatable bonds is 4. The number of nitrogens with one attached hydrogen (secondary N) is 2. The fourth-order valence-electron chi connectivity index (χ4n) is 3.83. The standard InChI is InChI=1S/C22H23N3O3/c1-14(26)23-16-8-4-9-17(12-16)24-21(27)18-13-19(18)22(28)25-11-5-7-15-6-2-3-10-20(15)25/h2-4,6,8-10,12,18-19H,5,7,11,13H2,1H3,(H,23,26)(H,24,27). The Morgan fingerprint density at radius 3 is 2.50 bits per heavy atom. The van der Waals surface area contributed by atoms with Crippen LogP contribution in [0.1, 0.15) is 25.3 Å². The first-order valence-electron chi connectivity index (χ1n) is 9.61. The van der Waals surface area contributed by atoms with Gasteiger partial charge >= 0.3 is 0 Å². The number of fused-ring (bicyclic) bond motifs is 1. The molecule has 0 saturated heterocycles. The summed E-state index contributed by atoms with van der Waals surface area (Å²) in [4.78, 5) is 38.6. The van der Waals surface area contributed by atoms with Crippen molar-refractivity contribution in [2.45, 2.75) is 26.2 Å². The number of nitrogens with zero attached hydrogens (tertiary/aromatic N) is 1. The molecule has 1 aliphatic carbocycles. The predicted molar refractivity (Wildman–Crippen MR) is 108 cm³/mol. The van der Waals surface area contributed by atoms with Crippen LogP contribution >= 0.6 is 0 Å². The number of anilines is 3. The normalized spacial score (nSPS) is 20.1. The van der Waals surface area contributed by atoms with Crippen LogP contribution in [0.25, 0.3) is 0 Å². The molecular weight excluding hydrogens is 354 g/mol. The molecule has 3 amide bonds. The van der Waals surface area contributed by atoms with Crippen molar-refractivity contribution in [2.75, 3.05) is 22.1 Å². The van der Waals surface area contributed by atoms with Crippen molar-refractivity contribution in [3.8, 4) is 0 Å². The summed E-state index contributed by atoms with van der Waals surface area (Å²) >= 11 is 0. The fourth-order valence-corrected chi connectivity index (χ4v) is 3.83. The van der Waals surface area contributed by atoms with Gasteiger partial charge in [0.25, 0.3) is 0 Å². The van der Waals surface area contributed by atoms with Crippen molar-refractivity contribution < 1.29 is 14.4 Å². The van der Waals surface area contributed by atoms with E-state index in [1.54, 1.807) is 24.3 Å². The maximum atomic E-state index is 13.0. The van der Waals surface area contributed by atoms with Gasteiger partial charge in [0.1, 0.15) is 0 Å². The number of carbonyl (C=O) groups excluding carboxylic acids is 3. The monoisotopic (exact) mass is 377 g/mol. The first-order chi connectivity index (χ1) is 13.5. The molecule has 0 radical (unpaired) electrons. The highest BCUT2D eigenvalue weighted by molar-refractivity contribution is 6.05. The summed E-state index contributed by atoms with van der Waals surface area (Å²) in [7, 11) is 0. The van der Waals surface area contributed by atoms with Crippen molar-refractivity contribution in [3.63, 3.8) is 0 Å². The largest absolute Gasteiger partial charge is 0.326 e. The Morgan fingerprint density at radius 2 is 1.71 bits per heavy atom. The Labute approximate surface area is 163 Å². The van der Waals surface area contributed by atoms with Gasteiger partial charge in [0, 0.05) is 30.5 Å². The first kappa shape index (κ1) is 18.2. The molecule has 4 rings (SSSR count). The zero-order valence-electron chi connectivity index (χ0n) is 15.8. The van der Waals surface area contributed by atoms with Crippen LogP contribution in [0.2, 0.25) is 0 Å². The lowest BCUT2D eigenvalue weighted by atomic mass is 10.0. The Morgan fingerprint density at radius 1 is 0.964 bits per heavy atom. The number of benzene rings is 2. The number of aryl methyl sites for hydroxylation is 1. The third-order valence-electron chi connectivity index (χ3n) is 5.27. The van der Waals surface area contributed by atoms with Gasteiger partial charge in [0.15, 0.2) is 0 Å². The van der Waals surface area contributed by atoms with E-state index in [1.807, 2.05) is 23.1 Å². The van der Waals surface area contributed by atoms with Crippen LogP contribution in [0, 0.1) is 11.8 Å². The average Bonchev–Trinajstić information content (AvgIpc) is 3.48. The number of amides is 3. The van der Waals surface area contributed by atoms with Crippen molar-refractivity contribution >= 4 is 34.8 Å². The molecule has 2 aliphatic rings. The molecule has 0 aromatic heterocycles. The van der Waals surface area contributed by atoms with Gasteiger partial charge in [-0.2, -0.15) is 0 Å². The number of hydrogen-bond donors (Lipinski definition) is 2. The molecule has 28 heavy (non-hydrogen) atoms. The van der Waals surface area contributed by atoms with E-state index >= 15 is 0 Å². The molecular formula is C22H23N3O3. The number of para-hydroxylation sites is 1. The molecule has 2 aromatic rings. The zero-order valence-corrected chi connectivity index (χ0v) is 15.8. The molecule has 1 aliphatic heterocycles. The van der Waals surface area contributed by atoms with Gasteiger partial charge in [-0.15, -0.1) is 0 Å². The molecule has 0 bridgehead atoms. The minimum absolute atomic E-state index is 0.0410. The van der Waals surface area contributed by atoms with Crippen LogP contribution < -0.4 is 15.5 Å². The van der Waals surface area contributed by atoms with E-state index in [0.717, 1.165) is 18.5 Å². The van der Waals surface area contributed by atoms with Gasteiger partial charge in [-0.25, -0.2) is 0 Å². The van der Waals surface area contributed by atoms with Crippen molar-refractivity contribution in [1.29, 1.82) is 0 Å². The van der Waals surface area contributed by atoms with E-state index in [4.69, 9.17) is 0 Å². The molecule has 0 spiro atoms. The Balaban J connectivity index is 1.40. The Bertz CT molecular complexity index is 940. The topological polar surface area (TPSA) is 78.5 Å². The van der Waals surface area contributed by atoms with Crippen LogP contribution in [0.15, 0.2) is 48.5 Å². The SMILES string of the molecule is CC(=O)Nc1cccc(NC(=O)C2CC2C(=O)N2CCCc3ccccc32)c1. The Kier molecular flexibility index (Phi) is 4.86. The molecule has 6 heteroatoms. The van der Waals surface area contributed by atoms with Crippen LogP contribution in [0.4, 0.5) is 17.1 Å². The van der Waals surface area contributed by atoms with Gasteiger partial charge in [-0.05, 0) is 49.1 Å². The van der Waals surface area contributed by atoms with Crippen molar-refractivity contribution in [2.24, 2.45) is 11.8 Å². The van der Waals surface area contributed by atoms with Gasteiger partial charge in [-0.1, -0.05) is 24.3 Å². The predicted octanol–water partition coefficient (Wildman–Crippen LogP) is 3.20. The molecule has 1 saturated carbocycles. The maximum Gasteiger partial charge on any atom is 0.230 e. The third kappa shape index (κ3) is 3.76. The van der Waals surface area contributed by atoms with Crippen LogP contribution in [-0.2, 0) is 20.8 Å². The second kappa shape index (κ2) is 7.46. The summed E-state index contributed by atoms with van der Waals surface area (Å²) in [5.41, 5.74) is 3.41. The van der Waals surface area contributed by atoms with E-state index in [9.17, 15) is 14.4 Å². The number of hydrogen-bond acceptors (Lipinski definition) is 3. The van der Waals surface area contributed by atoms with E-state index in [-0.39, 0.29) is 29.6 Å². The highest BCUT2D eigenvalue weighted by Gasteiger charge is 2.50. The fraction of sp³-hybridized carbons (Fsp3) is 0.318. The molecule has 2 unspecified atom stereocenters. The molecule has 2 aromatic carbocycles. The molecule has 2 N–H and O–H groups in total. The lowest BCUT2D eigenvalue weighted by molar-refractivity contribution is -0.123. The van der Waals surface area contributed by atoms with Gasteiger partial charge in [0.2, 0.25) is 17.7 Å². The van der Waals surface area contributed by atoms with Crippen LogP contribution in [0.5, 0.6) is 0 Å². The van der Waals surface area contributed by atoms with Gasteiger partial charge < -0.3 is 15.5 Å². The zero-order chi connectivity index (χ0) is 19.7. The average molecular weight is 377 g/mol. The molecule has 1 heterocycles. The van der Waals surface area contributed by atoms with E-state index < -0.39 is 0 Å². The summed E-state index contributed by atoms with van der Waals surface area (Å²) in [6, 6.07) is 15.0. The second-order valence-electron chi connectivity index (χ2n) is 7.42. The highest BCUT2D eigenvalue weighted by Crippen LogP contribution is 2.42. The summed E-state index contributed by atoms with van der Waals surface area (Å²) < 4.78 is 0. The number of carbonyl (C=O) groups is 3. The molecule has 1 fully saturated rings. The summed E-state index contributed by atoms with van der Waals surface area (Å²) in [5.74, 6) is -0.836. The molecule has 2 atom stereocenters. The quantitative estimate of drug-likeness (QED) is 0.859. The minimum Gasteiger partial charge on any atom is -0.326 e. The summed E-state index contributed by atoms with van der Waals surface area (Å²) in [5, 5.41) is 5.56. The van der Waals surface area contributed by atoms with Gasteiger partial charge in [-0.3, -0.25) is 14.4 Å². The lowest BCUT2D eigenvalue weighted by Gasteiger charge is -2.29. The van der Waals surface area contributed by atoms with Crippen LogP contribution in [-0.4, -0.2) is 24.3 Å². The highest BCUT2D eigenvalue weighted by atomic mass is 16.2. The van der Waals surface area contributed by atoms with E-state index in [2.05, 4.69) is 16.7 Å². The molecule has 144 valence electrons. The van der Waals surface area contributed by atoms with Crippen molar-refractivity contribution in [3.05, 3.63) is 54.1 Å². The lowest BCUT2D eigenvalue weighted by Crippen LogP contribution is -2.37. The van der Waals surface area contributed by atoms with E-state index in [1.165, 1.54) is 12.5 Å². The molecule has 6 nitrogen and oxygen atoms in total. The maximum absolute atomic E-state index is 13.0. The third-order valence-corrected chi connectivity index (χ3v) is 5.27. The van der Waals surface area contributed by atoms with Crippen LogP contribution in [0.3, 0.4) is 0 Å². The second-order valence-corrected chi connectivity index (χ2v) is 7.42. The smallest absolute Gasteiger partial charge is 0.230 e. The summed E-state index contributed by atoms with van der Waals surface area (Å²) in [6.45, 7) is 2.14. The van der Waals surface area contributed by atoms with E-state index in [0.29, 0.717) is 24.3 Å². The van der Waals surface area contributed by atoms with Crippen molar-refractivity contribution in [1.82, 2.24) is 0 Å². The van der Waals surface area contributed by atoms with Gasteiger partial charge in [0.05, 0.1) is 11.8 Å². The summed E-state index contributed by atoms with van der Waals surface area (Å²) in [6.07, 6.45) is 2.51.